The van der Waals surface area contributed by atoms with Crippen molar-refractivity contribution in [2.45, 2.75) is 6.04 Å². The van der Waals surface area contributed by atoms with E-state index in [9.17, 15) is 0 Å². The maximum atomic E-state index is 5.45. The zero-order valence-corrected chi connectivity index (χ0v) is 9.79. The Kier molecular flexibility index (Phi) is 6.87. The first-order valence-corrected chi connectivity index (χ1v) is 13.7. The molecule has 0 heterocycles. The second kappa shape index (κ2) is 5.94. The summed E-state index contributed by atoms with van der Waals surface area (Å²) in [7, 11) is 2.63. The minimum Gasteiger partial charge on any atom is -0.127 e. The first-order valence-electron chi connectivity index (χ1n) is 2.47. The van der Waals surface area contributed by atoms with E-state index in [1.54, 1.807) is 9.76 Å². The molecule has 0 N–H and O–H groups in total. The fourth-order valence-electron chi connectivity index (χ4n) is 0.344. The maximum absolute atomic E-state index is 5.45. The van der Waals surface area contributed by atoms with E-state index in [1.165, 1.54) is 6.04 Å². The Morgan fingerprint density at radius 2 is 2.33 bits per heavy atom. The van der Waals surface area contributed by atoms with Gasteiger partial charge in [-0.2, -0.15) is 0 Å². The summed E-state index contributed by atoms with van der Waals surface area (Å²) in [5, 5.41) is 0. The van der Waals surface area contributed by atoms with Crippen LogP contribution in [0.3, 0.4) is 0 Å². The molecule has 4 heteroatoms. The van der Waals surface area contributed by atoms with E-state index < -0.39 is 0 Å². The van der Waals surface area contributed by atoms with Crippen molar-refractivity contribution in [2.75, 3.05) is 5.88 Å². The fraction of sp³-hybridized carbons (Fsp3) is 1.00. The van der Waals surface area contributed by atoms with Crippen LogP contribution in [-0.2, 0) is 0 Å². The smallest absolute Gasteiger partial charge is 0.0192 e. The predicted molar refractivity (Wildman–Crippen MR) is 42.6 cm³/mol. The molecule has 0 radical (unpaired) electrons. The lowest BCUT2D eigenvalue weighted by Gasteiger charge is -1.82. The third kappa shape index (κ3) is 4.94. The van der Waals surface area contributed by atoms with Gasteiger partial charge >= 0.3 is 0 Å². The Bertz CT molecular complexity index is 20.8. The Morgan fingerprint density at radius 1 is 1.67 bits per heavy atom. The summed E-state index contributed by atoms with van der Waals surface area (Å²) in [6.07, 6.45) is 0. The van der Waals surface area contributed by atoms with Gasteiger partial charge in [0.15, 0.2) is 0 Å². The quantitative estimate of drug-likeness (QED) is 0.255. The average molecular weight is 155 g/mol. The highest BCUT2D eigenvalue weighted by Gasteiger charge is 1.79. The maximum Gasteiger partial charge on any atom is 0.0192 e. The molecule has 0 aliphatic rings. The molecule has 0 aromatic heterocycles. The van der Waals surface area contributed by atoms with Gasteiger partial charge < -0.3 is 0 Å². The normalized spacial score (nSPS) is 13.5. The molecule has 0 saturated carbocycles. The van der Waals surface area contributed by atoms with Crippen molar-refractivity contribution in [2.24, 2.45) is 0 Å². The lowest BCUT2D eigenvalue weighted by atomic mass is 11.0. The minimum absolute atomic E-state index is 0.490. The molecule has 0 unspecified atom stereocenters. The largest absolute Gasteiger partial charge is 0.127 e. The molecule has 0 fully saturated rings. The summed E-state index contributed by atoms with van der Waals surface area (Å²) >= 11 is 5.45. The summed E-state index contributed by atoms with van der Waals surface area (Å²) in [6.45, 7) is 0. The van der Waals surface area contributed by atoms with Crippen LogP contribution in [0.5, 0.6) is 0 Å². The third-order valence-corrected chi connectivity index (χ3v) is 13.0. The van der Waals surface area contributed by atoms with E-state index in [-0.39, 0.29) is 0 Å². The average Bonchev–Trinajstić information content (AvgIpc) is 1.61. The standard InChI is InChI=1S/C2H11ClSi3/c3-1-2-5-6-4/h1-2,5-6H2,4H3. The SMILES string of the molecule is [SiH3][SiH2][SiH2]CCCl. The summed E-state index contributed by atoms with van der Waals surface area (Å²) in [4.78, 5) is 0. The van der Waals surface area contributed by atoms with Crippen LogP contribution in [0.4, 0.5) is 0 Å². The first kappa shape index (κ1) is 6.94. The Hall–Kier alpha value is 0.941. The van der Waals surface area contributed by atoms with Gasteiger partial charge in [0.1, 0.15) is 0 Å². The molecule has 0 saturated heterocycles. The van der Waals surface area contributed by atoms with Crippen molar-refractivity contribution in [3.8, 4) is 0 Å². The molecule has 0 bridgehead atoms. The molecule has 38 valence electrons. The van der Waals surface area contributed by atoms with Crippen molar-refractivity contribution in [3.05, 3.63) is 0 Å². The van der Waals surface area contributed by atoms with Gasteiger partial charge in [-0.25, -0.2) is 0 Å². The topological polar surface area (TPSA) is 0 Å². The van der Waals surface area contributed by atoms with Crippen LogP contribution in [0.25, 0.3) is 0 Å². The van der Waals surface area contributed by atoms with Crippen LogP contribution >= 0.6 is 11.6 Å². The van der Waals surface area contributed by atoms with E-state index in [2.05, 4.69) is 0 Å². The van der Waals surface area contributed by atoms with Crippen LogP contribution in [0.2, 0.25) is 6.04 Å². The minimum atomic E-state index is 0.490. The fourth-order valence-corrected chi connectivity index (χ4v) is 9.30. The molecule has 0 aliphatic heterocycles. The Morgan fingerprint density at radius 3 is 2.50 bits per heavy atom. The van der Waals surface area contributed by atoms with Crippen LogP contribution < -0.4 is 0 Å². The lowest BCUT2D eigenvalue weighted by molar-refractivity contribution is 1.48. The second-order valence-corrected chi connectivity index (χ2v) is 18.3. The van der Waals surface area contributed by atoms with Gasteiger partial charge in [0, 0.05) is 14.9 Å². The summed E-state index contributed by atoms with van der Waals surface area (Å²) in [6, 6.07) is 1.41. The van der Waals surface area contributed by atoms with Gasteiger partial charge in [0.05, 0.1) is 0 Å². The highest BCUT2D eigenvalue weighted by Crippen LogP contribution is 1.79. The van der Waals surface area contributed by atoms with Gasteiger partial charge in [0.2, 0.25) is 0 Å². The molecule has 0 aliphatic carbocycles. The van der Waals surface area contributed by atoms with Crippen LogP contribution in [0.1, 0.15) is 0 Å². The molecule has 0 rings (SSSR count). The Balaban J connectivity index is 2.34. The van der Waals surface area contributed by atoms with E-state index in [0.717, 1.165) is 5.88 Å². The zero-order chi connectivity index (χ0) is 4.83. The molecule has 0 aromatic carbocycles. The number of alkyl halides is 1. The van der Waals surface area contributed by atoms with Crippen molar-refractivity contribution >= 4 is 39.0 Å². The van der Waals surface area contributed by atoms with Crippen molar-refractivity contribution in [1.29, 1.82) is 0 Å². The summed E-state index contributed by atoms with van der Waals surface area (Å²) < 4.78 is 0. The number of rotatable bonds is 3. The molecule has 0 spiro atoms. The molecular weight excluding hydrogens is 144 g/mol. The molecule has 6 heavy (non-hydrogen) atoms. The van der Waals surface area contributed by atoms with Gasteiger partial charge in [0.25, 0.3) is 0 Å². The molecule has 0 atom stereocenters. The van der Waals surface area contributed by atoms with Crippen molar-refractivity contribution < 1.29 is 0 Å². The molecule has 0 amide bonds. The van der Waals surface area contributed by atoms with Gasteiger partial charge in [-0.05, 0) is 18.3 Å². The first-order chi connectivity index (χ1) is 2.91. The monoisotopic (exact) mass is 154 g/mol. The van der Waals surface area contributed by atoms with Gasteiger partial charge in [-0.1, -0.05) is 6.04 Å². The summed E-state index contributed by atoms with van der Waals surface area (Å²) in [5.74, 6) is 0.946. The van der Waals surface area contributed by atoms with Crippen LogP contribution in [0, 0.1) is 0 Å². The predicted octanol–water partition coefficient (Wildman–Crippen LogP) is -1.82. The molecule has 0 aromatic rings. The highest BCUT2D eigenvalue weighted by molar-refractivity contribution is 7.23. The van der Waals surface area contributed by atoms with E-state index >= 15 is 0 Å². The van der Waals surface area contributed by atoms with Crippen LogP contribution in [-0.4, -0.2) is 33.2 Å². The second-order valence-electron chi connectivity index (χ2n) is 1.40. The van der Waals surface area contributed by atoms with Crippen LogP contribution in [0.15, 0.2) is 0 Å². The summed E-state index contributed by atoms with van der Waals surface area (Å²) in [5.41, 5.74) is 0. The van der Waals surface area contributed by atoms with Gasteiger partial charge in [-0.3, -0.25) is 0 Å². The van der Waals surface area contributed by atoms with Crippen molar-refractivity contribution in [1.82, 2.24) is 0 Å². The third-order valence-electron chi connectivity index (χ3n) is 0.737. The zero-order valence-electron chi connectivity index (χ0n) is 4.21. The Labute approximate surface area is 51.3 Å². The van der Waals surface area contributed by atoms with E-state index in [0.29, 0.717) is 17.6 Å². The van der Waals surface area contributed by atoms with E-state index in [1.807, 2.05) is 0 Å². The number of halogens is 1. The lowest BCUT2D eigenvalue weighted by Crippen LogP contribution is -2.01. The van der Waals surface area contributed by atoms with E-state index in [4.69, 9.17) is 11.6 Å². The molecular formula is C2H11ClSi3. The number of hydrogen-bond donors (Lipinski definition) is 0. The molecule has 0 nitrogen and oxygen atoms in total. The van der Waals surface area contributed by atoms with Crippen molar-refractivity contribution in [3.63, 3.8) is 0 Å². The highest BCUT2D eigenvalue weighted by atomic mass is 35.5. The number of hydrogen-bond acceptors (Lipinski definition) is 0. The van der Waals surface area contributed by atoms with Gasteiger partial charge in [-0.15, -0.1) is 11.6 Å².